The van der Waals surface area contributed by atoms with E-state index in [0.717, 1.165) is 0 Å². The van der Waals surface area contributed by atoms with Gasteiger partial charge in [0.1, 0.15) is 0 Å². The molecule has 1 unspecified atom stereocenters. The molecular weight excluding hydrogens is 228 g/mol. The van der Waals surface area contributed by atoms with Crippen LogP contribution in [0.15, 0.2) is 12.1 Å². The van der Waals surface area contributed by atoms with E-state index >= 15 is 0 Å². The average Bonchev–Trinajstić information content (AvgIpc) is 2.35. The van der Waals surface area contributed by atoms with E-state index in [9.17, 15) is 9.90 Å². The van der Waals surface area contributed by atoms with Crippen molar-refractivity contribution in [2.45, 2.75) is 6.10 Å². The minimum atomic E-state index is -1.68. The number of hydrogen-bond donors (Lipinski definition) is 2. The first-order chi connectivity index (χ1) is 8.06. The summed E-state index contributed by atoms with van der Waals surface area (Å²) in [5.41, 5.74) is 0.109. The van der Waals surface area contributed by atoms with Gasteiger partial charge in [-0.15, -0.1) is 0 Å². The Morgan fingerprint density at radius 2 is 1.71 bits per heavy atom. The molecule has 6 nitrogen and oxygen atoms in total. The summed E-state index contributed by atoms with van der Waals surface area (Å²) in [5, 5.41) is 18.3. The number of carbonyl (C=O) groups is 1. The molecule has 17 heavy (non-hydrogen) atoms. The molecule has 94 valence electrons. The molecule has 1 atom stereocenters. The Balaban J connectivity index is 3.37. The van der Waals surface area contributed by atoms with Gasteiger partial charge < -0.3 is 24.4 Å². The van der Waals surface area contributed by atoms with Crippen molar-refractivity contribution in [3.8, 4) is 17.2 Å². The van der Waals surface area contributed by atoms with E-state index in [1.807, 2.05) is 0 Å². The largest absolute Gasteiger partial charge is 0.493 e. The fourth-order valence-corrected chi connectivity index (χ4v) is 1.47. The van der Waals surface area contributed by atoms with Crippen molar-refractivity contribution < 1.29 is 29.2 Å². The summed E-state index contributed by atoms with van der Waals surface area (Å²) in [7, 11) is 4.21. The van der Waals surface area contributed by atoms with Gasteiger partial charge in [0.15, 0.2) is 17.6 Å². The summed E-state index contributed by atoms with van der Waals surface area (Å²) in [6.45, 7) is 0. The molecule has 0 spiro atoms. The van der Waals surface area contributed by atoms with E-state index in [-0.39, 0.29) is 17.1 Å². The van der Waals surface area contributed by atoms with Crippen LogP contribution < -0.4 is 14.2 Å². The number of aliphatic hydroxyl groups is 1. The van der Waals surface area contributed by atoms with Crippen LogP contribution in [-0.2, 0) is 4.79 Å². The second-order valence-corrected chi connectivity index (χ2v) is 3.16. The lowest BCUT2D eigenvalue weighted by Gasteiger charge is -2.16. The number of aliphatic carboxylic acids is 1. The minimum Gasteiger partial charge on any atom is -0.493 e. The predicted octanol–water partition coefficient (Wildman–Crippen LogP) is 0.830. The van der Waals surface area contributed by atoms with E-state index in [1.54, 1.807) is 0 Å². The third-order valence-electron chi connectivity index (χ3n) is 2.26. The molecule has 1 rings (SSSR count). The Morgan fingerprint density at radius 1 is 1.12 bits per heavy atom. The zero-order chi connectivity index (χ0) is 13.0. The SMILES string of the molecule is COc1ccc(C(O)C(=O)O)c(OC)c1OC. The Kier molecular flexibility index (Phi) is 4.17. The van der Waals surface area contributed by atoms with Gasteiger partial charge in [0, 0.05) is 5.56 Å². The molecule has 1 aromatic rings. The van der Waals surface area contributed by atoms with E-state index in [2.05, 4.69) is 0 Å². The molecule has 0 fully saturated rings. The highest BCUT2D eigenvalue weighted by molar-refractivity contribution is 5.76. The number of rotatable bonds is 5. The van der Waals surface area contributed by atoms with Gasteiger partial charge in [0.25, 0.3) is 0 Å². The molecule has 0 saturated carbocycles. The summed E-state index contributed by atoms with van der Waals surface area (Å²) in [6, 6.07) is 2.92. The molecule has 0 aliphatic heterocycles. The van der Waals surface area contributed by atoms with Gasteiger partial charge in [-0.2, -0.15) is 0 Å². The molecule has 2 N–H and O–H groups in total. The average molecular weight is 242 g/mol. The van der Waals surface area contributed by atoms with Crippen molar-refractivity contribution in [3.05, 3.63) is 17.7 Å². The third kappa shape index (κ3) is 2.42. The first-order valence-corrected chi connectivity index (χ1v) is 4.76. The lowest BCUT2D eigenvalue weighted by molar-refractivity contribution is -0.147. The van der Waals surface area contributed by atoms with E-state index in [1.165, 1.54) is 33.5 Å². The molecule has 0 radical (unpaired) electrons. The predicted molar refractivity (Wildman–Crippen MR) is 58.7 cm³/mol. The van der Waals surface area contributed by atoms with Crippen LogP contribution in [0.2, 0.25) is 0 Å². The summed E-state index contributed by atoms with van der Waals surface area (Å²) >= 11 is 0. The number of carboxylic acid groups (broad SMARTS) is 1. The van der Waals surface area contributed by atoms with Crippen molar-refractivity contribution in [2.24, 2.45) is 0 Å². The first kappa shape index (κ1) is 13.1. The quantitative estimate of drug-likeness (QED) is 0.795. The molecule has 0 bridgehead atoms. The number of ether oxygens (including phenoxy) is 3. The molecule has 1 aromatic carbocycles. The number of carboxylic acids is 1. The topological polar surface area (TPSA) is 85.2 Å². The van der Waals surface area contributed by atoms with Gasteiger partial charge in [-0.05, 0) is 12.1 Å². The molecule has 6 heteroatoms. The van der Waals surface area contributed by atoms with Crippen molar-refractivity contribution in [2.75, 3.05) is 21.3 Å². The lowest BCUT2D eigenvalue weighted by Crippen LogP contribution is -2.12. The standard InChI is InChI=1S/C11H14O6/c1-15-7-5-4-6(8(12)11(13)14)9(16-2)10(7)17-3/h4-5,8,12H,1-3H3,(H,13,14). The highest BCUT2D eigenvalue weighted by Crippen LogP contribution is 2.41. The number of hydrogen-bond acceptors (Lipinski definition) is 5. The normalized spacial score (nSPS) is 11.8. The second kappa shape index (κ2) is 5.40. The van der Waals surface area contributed by atoms with Gasteiger partial charge in [0.05, 0.1) is 21.3 Å². The van der Waals surface area contributed by atoms with Crippen LogP contribution >= 0.6 is 0 Å². The molecule has 0 aliphatic rings. The number of methoxy groups -OCH3 is 3. The van der Waals surface area contributed by atoms with Crippen LogP contribution in [0.3, 0.4) is 0 Å². The zero-order valence-corrected chi connectivity index (χ0v) is 9.76. The fraction of sp³-hybridized carbons (Fsp3) is 0.364. The highest BCUT2D eigenvalue weighted by Gasteiger charge is 2.25. The molecule has 0 saturated heterocycles. The lowest BCUT2D eigenvalue weighted by atomic mass is 10.1. The Bertz CT molecular complexity index is 415. The van der Waals surface area contributed by atoms with Crippen LogP contribution in [-0.4, -0.2) is 37.5 Å². The smallest absolute Gasteiger partial charge is 0.337 e. The van der Waals surface area contributed by atoms with Gasteiger partial charge in [0.2, 0.25) is 5.75 Å². The number of aliphatic hydroxyl groups excluding tert-OH is 1. The maximum Gasteiger partial charge on any atom is 0.337 e. The number of benzene rings is 1. The Hall–Kier alpha value is -1.95. The van der Waals surface area contributed by atoms with Crippen LogP contribution in [0.1, 0.15) is 11.7 Å². The summed E-state index contributed by atoms with van der Waals surface area (Å²) in [4.78, 5) is 10.7. The maximum absolute atomic E-state index is 10.7. The van der Waals surface area contributed by atoms with Crippen LogP contribution in [0.25, 0.3) is 0 Å². The van der Waals surface area contributed by atoms with Gasteiger partial charge >= 0.3 is 5.97 Å². The van der Waals surface area contributed by atoms with E-state index in [4.69, 9.17) is 19.3 Å². The summed E-state index contributed by atoms with van der Waals surface area (Å²) < 4.78 is 15.2. The van der Waals surface area contributed by atoms with Crippen LogP contribution in [0, 0.1) is 0 Å². The zero-order valence-electron chi connectivity index (χ0n) is 9.76. The molecule has 0 aliphatic carbocycles. The van der Waals surface area contributed by atoms with E-state index < -0.39 is 12.1 Å². The maximum atomic E-state index is 10.7. The molecular formula is C11H14O6. The van der Waals surface area contributed by atoms with Crippen molar-refractivity contribution in [1.82, 2.24) is 0 Å². The second-order valence-electron chi connectivity index (χ2n) is 3.16. The first-order valence-electron chi connectivity index (χ1n) is 4.76. The van der Waals surface area contributed by atoms with E-state index in [0.29, 0.717) is 5.75 Å². The highest BCUT2D eigenvalue weighted by atomic mass is 16.5. The molecule has 0 amide bonds. The molecule has 0 aromatic heterocycles. The Labute approximate surface area is 98.3 Å². The summed E-state index contributed by atoms with van der Waals surface area (Å²) in [6.07, 6.45) is -1.68. The van der Waals surface area contributed by atoms with Gasteiger partial charge in [-0.1, -0.05) is 0 Å². The van der Waals surface area contributed by atoms with Gasteiger partial charge in [-0.3, -0.25) is 0 Å². The van der Waals surface area contributed by atoms with Crippen LogP contribution in [0.5, 0.6) is 17.2 Å². The van der Waals surface area contributed by atoms with Crippen LogP contribution in [0.4, 0.5) is 0 Å². The fourth-order valence-electron chi connectivity index (χ4n) is 1.47. The van der Waals surface area contributed by atoms with Gasteiger partial charge in [-0.25, -0.2) is 4.79 Å². The van der Waals surface area contributed by atoms with Crippen molar-refractivity contribution >= 4 is 5.97 Å². The molecule has 0 heterocycles. The summed E-state index contributed by atoms with van der Waals surface area (Å²) in [5.74, 6) is -0.587. The third-order valence-corrected chi connectivity index (χ3v) is 2.26. The minimum absolute atomic E-state index is 0.109. The van der Waals surface area contributed by atoms with Crippen molar-refractivity contribution in [3.63, 3.8) is 0 Å². The Morgan fingerprint density at radius 3 is 2.12 bits per heavy atom. The van der Waals surface area contributed by atoms with Crippen molar-refractivity contribution in [1.29, 1.82) is 0 Å². The monoisotopic (exact) mass is 242 g/mol.